The first-order valence-corrected chi connectivity index (χ1v) is 21.9. The molecule has 8 rings (SSSR count). The van der Waals surface area contributed by atoms with Crippen LogP contribution in [-0.4, -0.2) is 113 Å². The van der Waals surface area contributed by atoms with Crippen LogP contribution in [0.15, 0.2) is 53.4 Å². The van der Waals surface area contributed by atoms with Crippen molar-refractivity contribution in [2.45, 2.75) is 134 Å². The van der Waals surface area contributed by atoms with Crippen LogP contribution in [0.4, 0.5) is 0 Å². The van der Waals surface area contributed by atoms with Crippen molar-refractivity contribution in [3.8, 4) is 23.3 Å². The lowest BCUT2D eigenvalue weighted by Gasteiger charge is -2.43. The number of fused-ring (bicyclic) bond motifs is 1. The van der Waals surface area contributed by atoms with E-state index in [2.05, 4.69) is 52.3 Å². The van der Waals surface area contributed by atoms with Crippen LogP contribution in [0.1, 0.15) is 112 Å². The highest BCUT2D eigenvalue weighted by Gasteiger charge is 2.40. The second kappa shape index (κ2) is 18.0. The molecule has 0 radical (unpaired) electrons. The van der Waals surface area contributed by atoms with Crippen molar-refractivity contribution >= 4 is 23.9 Å². The highest BCUT2D eigenvalue weighted by molar-refractivity contribution is 6.05. The monoisotopic (exact) mass is 805 g/mol. The molecule has 6 aliphatic rings. The number of nitrogens with one attached hydrogen (secondary N) is 1. The maximum atomic E-state index is 13.1. The topological polar surface area (TPSA) is 140 Å². The number of methoxy groups -OCH3 is 1. The van der Waals surface area contributed by atoms with Crippen LogP contribution in [-0.2, 0) is 16.1 Å². The zero-order chi connectivity index (χ0) is 41.0. The summed E-state index contributed by atoms with van der Waals surface area (Å²) < 4.78 is 18.2. The first kappa shape index (κ1) is 40.7. The van der Waals surface area contributed by atoms with E-state index in [-0.39, 0.29) is 30.4 Å². The molecule has 1 atom stereocenters. The van der Waals surface area contributed by atoms with E-state index in [1.165, 1.54) is 12.8 Å². The Morgan fingerprint density at radius 1 is 0.898 bits per heavy atom. The van der Waals surface area contributed by atoms with E-state index in [9.17, 15) is 19.6 Å². The summed E-state index contributed by atoms with van der Waals surface area (Å²) in [6, 6.07) is 14.2. The number of hydrogen-bond acceptors (Lipinski definition) is 11. The van der Waals surface area contributed by atoms with Crippen molar-refractivity contribution in [1.29, 1.82) is 5.26 Å². The number of aliphatic imine (C=N–C) groups is 1. The lowest BCUT2D eigenvalue weighted by Crippen LogP contribution is -2.52. The predicted molar refractivity (Wildman–Crippen MR) is 223 cm³/mol. The number of carbonyl (C=O) groups excluding carboxylic acids is 3. The summed E-state index contributed by atoms with van der Waals surface area (Å²) in [6.45, 7) is 9.05. The van der Waals surface area contributed by atoms with Gasteiger partial charge in [0.15, 0.2) is 0 Å². The molecule has 4 aliphatic heterocycles. The van der Waals surface area contributed by atoms with Gasteiger partial charge in [0.1, 0.15) is 35.2 Å². The molecule has 1 unspecified atom stereocenters. The highest BCUT2D eigenvalue weighted by Crippen LogP contribution is 2.35. The minimum absolute atomic E-state index is 0.135. The van der Waals surface area contributed by atoms with Gasteiger partial charge in [-0.05, 0) is 126 Å². The fraction of sp³-hybridized carbons (Fsp3) is 0.587. The summed E-state index contributed by atoms with van der Waals surface area (Å²) in [4.78, 5) is 51.4. The summed E-state index contributed by atoms with van der Waals surface area (Å²) in [7, 11) is 1.58. The molecule has 4 fully saturated rings. The molecule has 2 aromatic rings. The maximum Gasteiger partial charge on any atom is 0.255 e. The van der Waals surface area contributed by atoms with E-state index in [4.69, 9.17) is 19.2 Å². The van der Waals surface area contributed by atoms with Gasteiger partial charge >= 0.3 is 0 Å². The third kappa shape index (κ3) is 9.23. The summed E-state index contributed by atoms with van der Waals surface area (Å²) in [6.07, 6.45) is 15.9. The number of piperidine rings is 2. The molecule has 0 bridgehead atoms. The van der Waals surface area contributed by atoms with Gasteiger partial charge < -0.3 is 28.9 Å². The quantitative estimate of drug-likeness (QED) is 0.254. The first-order valence-electron chi connectivity index (χ1n) is 21.9. The van der Waals surface area contributed by atoms with Crippen molar-refractivity contribution in [2.75, 3.05) is 33.3 Å². The average molecular weight is 806 g/mol. The van der Waals surface area contributed by atoms with Gasteiger partial charge in [0, 0.05) is 74.8 Å². The molecule has 314 valence electrons. The smallest absolute Gasteiger partial charge is 0.255 e. The number of carbonyl (C=O) groups is 3. The fourth-order valence-corrected chi connectivity index (χ4v) is 10.1. The lowest BCUT2D eigenvalue weighted by molar-refractivity contribution is -0.136. The number of ether oxygens (including phenoxy) is 3. The molecule has 3 amide bonds. The van der Waals surface area contributed by atoms with Crippen LogP contribution in [0.25, 0.3) is 0 Å². The number of likely N-dealkylation sites (tertiary alicyclic amines) is 1. The molecule has 2 saturated heterocycles. The van der Waals surface area contributed by atoms with Crippen LogP contribution in [0.5, 0.6) is 17.2 Å². The molecule has 0 aromatic heterocycles. The number of nitriles is 1. The van der Waals surface area contributed by atoms with Gasteiger partial charge in [-0.2, -0.15) is 5.26 Å². The maximum absolute atomic E-state index is 13.1. The molecule has 2 aliphatic carbocycles. The van der Waals surface area contributed by atoms with Crippen LogP contribution in [0.3, 0.4) is 0 Å². The van der Waals surface area contributed by atoms with E-state index in [0.29, 0.717) is 53.9 Å². The second-order valence-corrected chi connectivity index (χ2v) is 17.5. The number of benzene rings is 2. The van der Waals surface area contributed by atoms with Gasteiger partial charge in [-0.25, -0.2) is 4.99 Å². The molecule has 4 heterocycles. The Labute approximate surface area is 348 Å². The van der Waals surface area contributed by atoms with E-state index in [1.54, 1.807) is 18.1 Å². The van der Waals surface area contributed by atoms with Gasteiger partial charge in [-0.3, -0.25) is 24.6 Å². The first-order chi connectivity index (χ1) is 28.6. The van der Waals surface area contributed by atoms with Gasteiger partial charge in [-0.15, -0.1) is 0 Å². The Morgan fingerprint density at radius 2 is 1.59 bits per heavy atom. The zero-order valence-electron chi connectivity index (χ0n) is 34.8. The van der Waals surface area contributed by atoms with Gasteiger partial charge in [0.05, 0.1) is 31.4 Å². The van der Waals surface area contributed by atoms with E-state index >= 15 is 0 Å². The number of nitrogens with zero attached hydrogens (tertiary/aromatic N) is 6. The standard InChI is InChI=1S/C46H59N7O6/c1-30(2)52(35-7-12-37(13-8-35)58-38-14-15-40-33(24-38)28-53(46(40)56)41-16-17-44(54)49-45(41)55)27-31-18-21-50(22-19-31)43-29-51(23-20-48-43)34-5-10-36(11-6-34)59-39-9-4-32(26-47)42(25-39)57-3/h4,9,14-15,20,24-25,29-31,34-37,41H,5-8,10-13,16-19,21-23,27-28H2,1-3H3,(H,49,54,55). The summed E-state index contributed by atoms with van der Waals surface area (Å²) in [5, 5.41) is 11.7. The number of amides is 3. The lowest BCUT2D eigenvalue weighted by atomic mass is 9.89. The van der Waals surface area contributed by atoms with Crippen molar-refractivity contribution < 1.29 is 28.6 Å². The molecule has 13 heteroatoms. The molecular formula is C46H59N7O6. The van der Waals surface area contributed by atoms with Crippen molar-refractivity contribution in [3.63, 3.8) is 0 Å². The summed E-state index contributed by atoms with van der Waals surface area (Å²) in [5.41, 5.74) is 2.00. The van der Waals surface area contributed by atoms with Crippen molar-refractivity contribution in [3.05, 3.63) is 65.1 Å². The Hall–Kier alpha value is -5.09. The SMILES string of the molecule is COc1cc(OC2CCC(N3C=C(N4CCC(CN(C(C)C)C5CCC(Oc6ccc7c(c6)CN(C6CCC(=O)NC6=O)C7=O)CC5)CC4)N=CC3)CC2)ccc1C#N. The van der Waals surface area contributed by atoms with Crippen LogP contribution in [0, 0.1) is 17.2 Å². The number of hydrogen-bond donors (Lipinski definition) is 1. The third-order valence-corrected chi connectivity index (χ3v) is 13.5. The Balaban J connectivity index is 0.775. The Bertz CT molecular complexity index is 1970. The van der Waals surface area contributed by atoms with Gasteiger partial charge in [-0.1, -0.05) is 0 Å². The zero-order valence-corrected chi connectivity index (χ0v) is 34.8. The highest BCUT2D eigenvalue weighted by atomic mass is 16.5. The number of rotatable bonds is 12. The van der Waals surface area contributed by atoms with Crippen molar-refractivity contribution in [2.24, 2.45) is 10.9 Å². The fourth-order valence-electron chi connectivity index (χ4n) is 10.1. The van der Waals surface area contributed by atoms with Crippen LogP contribution < -0.4 is 19.5 Å². The molecule has 0 spiro atoms. The van der Waals surface area contributed by atoms with Crippen LogP contribution in [0.2, 0.25) is 0 Å². The van der Waals surface area contributed by atoms with Gasteiger partial charge in [0.2, 0.25) is 11.8 Å². The molecule has 1 N–H and O–H groups in total. The van der Waals surface area contributed by atoms with Gasteiger partial charge in [0.25, 0.3) is 5.91 Å². The normalized spacial score (nSPS) is 26.4. The summed E-state index contributed by atoms with van der Waals surface area (Å²) >= 11 is 0. The largest absolute Gasteiger partial charge is 0.495 e. The third-order valence-electron chi connectivity index (χ3n) is 13.5. The second-order valence-electron chi connectivity index (χ2n) is 17.5. The van der Waals surface area contributed by atoms with Crippen molar-refractivity contribution in [1.82, 2.24) is 24.9 Å². The van der Waals surface area contributed by atoms with E-state index in [1.807, 2.05) is 30.3 Å². The number of imide groups is 1. The minimum Gasteiger partial charge on any atom is -0.495 e. The molecule has 59 heavy (non-hydrogen) atoms. The Kier molecular flexibility index (Phi) is 12.4. The average Bonchev–Trinajstić information content (AvgIpc) is 3.58. The Morgan fingerprint density at radius 3 is 2.27 bits per heavy atom. The summed E-state index contributed by atoms with van der Waals surface area (Å²) in [5.74, 6) is 3.01. The molecule has 2 aromatic carbocycles. The predicted octanol–water partition coefficient (Wildman–Crippen LogP) is 6.02. The van der Waals surface area contributed by atoms with Crippen LogP contribution >= 0.6 is 0 Å². The minimum atomic E-state index is -0.615. The molecular weight excluding hydrogens is 747 g/mol. The molecule has 13 nitrogen and oxygen atoms in total. The van der Waals surface area contributed by atoms with E-state index < -0.39 is 11.9 Å². The van der Waals surface area contributed by atoms with E-state index in [0.717, 1.165) is 100 Å². The molecule has 2 saturated carbocycles.